The topological polar surface area (TPSA) is 28.0 Å². The molecule has 0 aromatic heterocycles. The SMILES string of the molecule is CCCCCCCCC#CC#Cc1cc(C)ccc1N=NN(CC)c1ccccc1. The fourth-order valence-corrected chi connectivity index (χ4v) is 3.04. The molecule has 0 aliphatic rings. The van der Waals surface area contributed by atoms with Crippen LogP contribution in [0.2, 0.25) is 0 Å². The number of nitrogens with zero attached hydrogens (tertiary/aromatic N) is 3. The number of rotatable bonds is 10. The quantitative estimate of drug-likeness (QED) is 0.175. The zero-order valence-corrected chi connectivity index (χ0v) is 18.6. The highest BCUT2D eigenvalue weighted by Crippen LogP contribution is 2.22. The molecule has 30 heavy (non-hydrogen) atoms. The zero-order valence-electron chi connectivity index (χ0n) is 18.6. The third kappa shape index (κ3) is 8.54. The van der Waals surface area contributed by atoms with Gasteiger partial charge in [0.1, 0.15) is 5.69 Å². The highest BCUT2D eigenvalue weighted by molar-refractivity contribution is 5.57. The van der Waals surface area contributed by atoms with Gasteiger partial charge >= 0.3 is 0 Å². The van der Waals surface area contributed by atoms with Gasteiger partial charge in [-0.3, -0.25) is 0 Å². The first-order valence-electron chi connectivity index (χ1n) is 11.1. The minimum atomic E-state index is 0.740. The van der Waals surface area contributed by atoms with Gasteiger partial charge in [0.05, 0.1) is 11.3 Å². The van der Waals surface area contributed by atoms with Crippen molar-refractivity contribution in [3.05, 3.63) is 59.7 Å². The summed E-state index contributed by atoms with van der Waals surface area (Å²) in [6, 6.07) is 16.1. The van der Waals surface area contributed by atoms with E-state index in [0.717, 1.165) is 41.9 Å². The van der Waals surface area contributed by atoms with Crippen molar-refractivity contribution in [3.8, 4) is 23.7 Å². The zero-order chi connectivity index (χ0) is 21.4. The molecular weight excluding hydrogens is 366 g/mol. The molecule has 0 aliphatic carbocycles. The van der Waals surface area contributed by atoms with Gasteiger partial charge in [0.15, 0.2) is 0 Å². The van der Waals surface area contributed by atoms with E-state index in [-0.39, 0.29) is 0 Å². The Hall–Kier alpha value is -3.04. The lowest BCUT2D eigenvalue weighted by Gasteiger charge is -2.14. The summed E-state index contributed by atoms with van der Waals surface area (Å²) < 4.78 is 0. The Morgan fingerprint density at radius 1 is 0.867 bits per heavy atom. The van der Waals surface area contributed by atoms with Crippen LogP contribution in [0.25, 0.3) is 0 Å². The lowest BCUT2D eigenvalue weighted by atomic mass is 10.1. The highest BCUT2D eigenvalue weighted by atomic mass is 15.5. The molecule has 0 bridgehead atoms. The van der Waals surface area contributed by atoms with Crippen molar-refractivity contribution in [3.63, 3.8) is 0 Å². The van der Waals surface area contributed by atoms with E-state index in [9.17, 15) is 0 Å². The van der Waals surface area contributed by atoms with Gasteiger partial charge in [0, 0.05) is 13.0 Å². The molecule has 0 N–H and O–H groups in total. The first kappa shape index (κ1) is 23.2. The average molecular weight is 400 g/mol. The minimum absolute atomic E-state index is 0.740. The van der Waals surface area contributed by atoms with E-state index in [1.807, 2.05) is 53.5 Å². The van der Waals surface area contributed by atoms with Crippen LogP contribution < -0.4 is 5.01 Å². The van der Waals surface area contributed by atoms with E-state index < -0.39 is 0 Å². The number of unbranched alkanes of at least 4 members (excludes halogenated alkanes) is 6. The summed E-state index contributed by atoms with van der Waals surface area (Å²) in [6.07, 6.45) is 8.64. The lowest BCUT2D eigenvalue weighted by molar-refractivity contribution is 0.614. The van der Waals surface area contributed by atoms with Crippen LogP contribution >= 0.6 is 0 Å². The number of para-hydroxylation sites is 1. The molecule has 2 aromatic rings. The van der Waals surface area contributed by atoms with E-state index in [0.29, 0.717) is 0 Å². The van der Waals surface area contributed by atoms with Crippen molar-refractivity contribution < 1.29 is 0 Å². The normalized spacial score (nSPS) is 10.2. The Morgan fingerprint density at radius 2 is 1.63 bits per heavy atom. The van der Waals surface area contributed by atoms with Crippen molar-refractivity contribution in [2.75, 3.05) is 11.6 Å². The molecule has 2 aromatic carbocycles. The number of hydrogen-bond acceptors (Lipinski definition) is 2. The molecule has 156 valence electrons. The molecule has 0 heterocycles. The van der Waals surface area contributed by atoms with Gasteiger partial charge in [-0.2, -0.15) is 0 Å². The van der Waals surface area contributed by atoms with Crippen molar-refractivity contribution in [1.29, 1.82) is 0 Å². The van der Waals surface area contributed by atoms with Gasteiger partial charge in [-0.05, 0) is 61.9 Å². The molecule has 0 unspecified atom stereocenters. The fraction of sp³-hybridized carbons (Fsp3) is 0.407. The summed E-state index contributed by atoms with van der Waals surface area (Å²) in [5, 5.41) is 10.8. The summed E-state index contributed by atoms with van der Waals surface area (Å²) in [5.74, 6) is 12.3. The Bertz CT molecular complexity index is 908. The second-order valence-corrected chi connectivity index (χ2v) is 7.33. The number of hydrogen-bond donors (Lipinski definition) is 0. The molecule has 0 saturated heterocycles. The molecule has 3 heteroatoms. The first-order valence-corrected chi connectivity index (χ1v) is 11.1. The van der Waals surface area contributed by atoms with Crippen molar-refractivity contribution in [2.24, 2.45) is 10.3 Å². The molecule has 3 nitrogen and oxygen atoms in total. The highest BCUT2D eigenvalue weighted by Gasteiger charge is 2.03. The minimum Gasteiger partial charge on any atom is -0.247 e. The van der Waals surface area contributed by atoms with Gasteiger partial charge < -0.3 is 0 Å². The predicted molar refractivity (Wildman–Crippen MR) is 128 cm³/mol. The van der Waals surface area contributed by atoms with E-state index >= 15 is 0 Å². The van der Waals surface area contributed by atoms with Crippen molar-refractivity contribution >= 4 is 11.4 Å². The summed E-state index contributed by atoms with van der Waals surface area (Å²) >= 11 is 0. The van der Waals surface area contributed by atoms with Gasteiger partial charge in [0.2, 0.25) is 0 Å². The van der Waals surface area contributed by atoms with Crippen LogP contribution in [-0.4, -0.2) is 6.54 Å². The lowest BCUT2D eigenvalue weighted by Crippen LogP contribution is -2.13. The maximum absolute atomic E-state index is 4.46. The summed E-state index contributed by atoms with van der Waals surface area (Å²) in [6.45, 7) is 7.10. The van der Waals surface area contributed by atoms with Crippen molar-refractivity contribution in [2.45, 2.75) is 65.7 Å². The Kier molecular flexibility index (Phi) is 10.9. The monoisotopic (exact) mass is 399 g/mol. The van der Waals surface area contributed by atoms with E-state index in [4.69, 9.17) is 0 Å². The molecule has 0 amide bonds. The maximum Gasteiger partial charge on any atom is 0.103 e. The average Bonchev–Trinajstić information content (AvgIpc) is 2.77. The van der Waals surface area contributed by atoms with Crippen LogP contribution in [0.15, 0.2) is 58.9 Å². The summed E-state index contributed by atoms with van der Waals surface area (Å²) in [4.78, 5) is 0. The van der Waals surface area contributed by atoms with E-state index in [1.165, 1.54) is 32.1 Å². The third-order valence-electron chi connectivity index (χ3n) is 4.77. The van der Waals surface area contributed by atoms with Crippen LogP contribution in [0.1, 0.15) is 69.9 Å². The molecule has 2 rings (SSSR count). The van der Waals surface area contributed by atoms with Crippen molar-refractivity contribution in [1.82, 2.24) is 0 Å². The van der Waals surface area contributed by atoms with Crippen LogP contribution in [0, 0.1) is 30.6 Å². The van der Waals surface area contributed by atoms with Crippen LogP contribution in [0.4, 0.5) is 11.4 Å². The molecule has 0 radical (unpaired) electrons. The molecular formula is C27H33N3. The van der Waals surface area contributed by atoms with Gasteiger partial charge in [-0.1, -0.05) is 80.4 Å². The second kappa shape index (κ2) is 14.0. The standard InChI is InChI=1S/C27H33N3/c1-4-6-7-8-9-10-11-12-13-15-18-25-23-24(3)21-22-27(25)28-29-30(5-2)26-19-16-14-17-20-26/h14,16-17,19-23H,4-11H2,1-3H3. The maximum atomic E-state index is 4.46. The summed E-state index contributed by atoms with van der Waals surface area (Å²) in [7, 11) is 0. The Labute approximate surface area is 182 Å². The van der Waals surface area contributed by atoms with E-state index in [1.54, 1.807) is 0 Å². The molecule has 0 fully saturated rings. The van der Waals surface area contributed by atoms with Crippen LogP contribution in [0.5, 0.6) is 0 Å². The summed E-state index contributed by atoms with van der Waals surface area (Å²) in [5.41, 5.74) is 3.79. The third-order valence-corrected chi connectivity index (χ3v) is 4.77. The largest absolute Gasteiger partial charge is 0.247 e. The van der Waals surface area contributed by atoms with Crippen LogP contribution in [-0.2, 0) is 0 Å². The number of aryl methyl sites for hydroxylation is 1. The first-order chi connectivity index (χ1) is 14.7. The van der Waals surface area contributed by atoms with Gasteiger partial charge in [-0.15, -0.1) is 5.11 Å². The van der Waals surface area contributed by atoms with Crippen LogP contribution in [0.3, 0.4) is 0 Å². The Balaban J connectivity index is 1.99. The number of benzene rings is 2. The predicted octanol–water partition coefficient (Wildman–Crippen LogP) is 7.63. The second-order valence-electron chi connectivity index (χ2n) is 7.33. The fourth-order valence-electron chi connectivity index (χ4n) is 3.04. The molecule has 0 atom stereocenters. The number of anilines is 1. The molecule has 0 aliphatic heterocycles. The van der Waals surface area contributed by atoms with Gasteiger partial charge in [0.25, 0.3) is 0 Å². The molecule has 0 saturated carbocycles. The van der Waals surface area contributed by atoms with Gasteiger partial charge in [-0.25, -0.2) is 5.01 Å². The van der Waals surface area contributed by atoms with E-state index in [2.05, 4.69) is 54.8 Å². The Morgan fingerprint density at radius 3 is 2.40 bits per heavy atom. The molecule has 0 spiro atoms. The smallest absolute Gasteiger partial charge is 0.103 e.